The van der Waals surface area contributed by atoms with Gasteiger partial charge < -0.3 is 15.2 Å². The van der Waals surface area contributed by atoms with Crippen molar-refractivity contribution in [1.29, 1.82) is 0 Å². The molecule has 0 aliphatic rings. The van der Waals surface area contributed by atoms with E-state index in [2.05, 4.69) is 6.92 Å². The van der Waals surface area contributed by atoms with Crippen LogP contribution in [-0.4, -0.2) is 19.8 Å². The third-order valence-corrected chi connectivity index (χ3v) is 3.87. The minimum absolute atomic E-state index is 0.00431. The van der Waals surface area contributed by atoms with Gasteiger partial charge in [-0.25, -0.2) is 4.39 Å². The van der Waals surface area contributed by atoms with E-state index in [1.807, 2.05) is 31.2 Å². The summed E-state index contributed by atoms with van der Waals surface area (Å²) in [4.78, 5) is 0. The molecule has 2 rings (SSSR count). The Morgan fingerprint density at radius 2 is 1.79 bits per heavy atom. The number of rotatable bonds is 9. The van der Waals surface area contributed by atoms with E-state index in [0.717, 1.165) is 29.7 Å². The van der Waals surface area contributed by atoms with E-state index in [4.69, 9.17) is 15.2 Å². The van der Waals surface area contributed by atoms with E-state index in [0.29, 0.717) is 25.5 Å². The topological polar surface area (TPSA) is 44.5 Å². The van der Waals surface area contributed by atoms with E-state index in [1.54, 1.807) is 6.07 Å². The van der Waals surface area contributed by atoms with Gasteiger partial charge in [0.15, 0.2) is 0 Å². The van der Waals surface area contributed by atoms with Gasteiger partial charge in [-0.05, 0) is 62.2 Å². The molecule has 2 aromatic rings. The quantitative estimate of drug-likeness (QED) is 0.745. The second-order valence-electron chi connectivity index (χ2n) is 5.74. The third kappa shape index (κ3) is 4.96. The minimum atomic E-state index is -0.268. The first-order valence-electron chi connectivity index (χ1n) is 8.52. The van der Waals surface area contributed by atoms with E-state index < -0.39 is 0 Å². The molecule has 24 heavy (non-hydrogen) atoms. The summed E-state index contributed by atoms with van der Waals surface area (Å²) in [7, 11) is 0. The smallest absolute Gasteiger partial charge is 0.123 e. The lowest BCUT2D eigenvalue weighted by molar-refractivity contribution is 0.317. The van der Waals surface area contributed by atoms with Gasteiger partial charge in [-0.15, -0.1) is 0 Å². The Kier molecular flexibility index (Phi) is 7.07. The maximum Gasteiger partial charge on any atom is 0.123 e. The highest BCUT2D eigenvalue weighted by Crippen LogP contribution is 2.30. The van der Waals surface area contributed by atoms with Gasteiger partial charge in [0.1, 0.15) is 17.3 Å². The molecule has 1 unspecified atom stereocenters. The van der Waals surface area contributed by atoms with Crippen LogP contribution in [0.15, 0.2) is 42.5 Å². The van der Waals surface area contributed by atoms with Crippen LogP contribution in [0.1, 0.15) is 37.3 Å². The summed E-state index contributed by atoms with van der Waals surface area (Å²) in [5.74, 6) is 1.31. The van der Waals surface area contributed by atoms with Gasteiger partial charge in [-0.2, -0.15) is 0 Å². The summed E-state index contributed by atoms with van der Waals surface area (Å²) in [5, 5.41) is 0. The Bertz CT molecular complexity index is 628. The first kappa shape index (κ1) is 18.3. The van der Waals surface area contributed by atoms with Crippen LogP contribution in [-0.2, 0) is 6.42 Å². The molecule has 3 nitrogen and oxygen atoms in total. The van der Waals surface area contributed by atoms with Crippen molar-refractivity contribution in [2.45, 2.75) is 32.6 Å². The normalized spacial score (nSPS) is 12.0. The molecule has 0 heterocycles. The summed E-state index contributed by atoms with van der Waals surface area (Å²) in [5.41, 5.74) is 7.93. The number of halogens is 1. The highest BCUT2D eigenvalue weighted by atomic mass is 19.1. The van der Waals surface area contributed by atoms with Crippen LogP contribution in [0.25, 0.3) is 0 Å². The zero-order valence-electron chi connectivity index (χ0n) is 14.4. The van der Waals surface area contributed by atoms with Crippen molar-refractivity contribution in [1.82, 2.24) is 0 Å². The molecule has 0 bridgehead atoms. The number of nitrogens with two attached hydrogens (primary N) is 1. The van der Waals surface area contributed by atoms with Gasteiger partial charge in [0.05, 0.1) is 13.2 Å². The maximum atomic E-state index is 13.7. The first-order chi connectivity index (χ1) is 11.7. The molecule has 0 radical (unpaired) electrons. The highest BCUT2D eigenvalue weighted by molar-refractivity contribution is 5.39. The lowest BCUT2D eigenvalue weighted by Gasteiger charge is -2.19. The molecule has 0 saturated carbocycles. The fourth-order valence-electron chi connectivity index (χ4n) is 2.67. The van der Waals surface area contributed by atoms with Gasteiger partial charge in [0, 0.05) is 11.5 Å². The van der Waals surface area contributed by atoms with Crippen LogP contribution < -0.4 is 15.2 Å². The van der Waals surface area contributed by atoms with Crippen molar-refractivity contribution in [3.05, 3.63) is 59.4 Å². The van der Waals surface area contributed by atoms with Crippen LogP contribution in [0.3, 0.4) is 0 Å². The molecule has 0 amide bonds. The molecule has 0 aliphatic carbocycles. The van der Waals surface area contributed by atoms with Gasteiger partial charge in [-0.1, -0.05) is 19.1 Å². The Hall–Kier alpha value is -2.07. The molecule has 2 N–H and O–H groups in total. The molecule has 0 aliphatic heterocycles. The first-order valence-corrected chi connectivity index (χ1v) is 8.52. The van der Waals surface area contributed by atoms with Crippen molar-refractivity contribution in [3.63, 3.8) is 0 Å². The van der Waals surface area contributed by atoms with Crippen LogP contribution in [0.5, 0.6) is 11.5 Å². The van der Waals surface area contributed by atoms with E-state index in [9.17, 15) is 4.39 Å². The number of hydrogen-bond acceptors (Lipinski definition) is 3. The van der Waals surface area contributed by atoms with E-state index in [-0.39, 0.29) is 11.7 Å². The molecular weight excluding hydrogens is 305 g/mol. The van der Waals surface area contributed by atoms with Crippen LogP contribution in [0.2, 0.25) is 0 Å². The number of hydrogen-bond donors (Lipinski definition) is 1. The molecule has 0 fully saturated rings. The zero-order chi connectivity index (χ0) is 17.4. The molecule has 0 aromatic heterocycles. The summed E-state index contributed by atoms with van der Waals surface area (Å²) in [6.45, 7) is 5.68. The number of benzene rings is 2. The molecule has 2 aromatic carbocycles. The fraction of sp³-hybridized carbons (Fsp3) is 0.400. The molecule has 0 spiro atoms. The summed E-state index contributed by atoms with van der Waals surface area (Å²) in [6, 6.07) is 12.6. The van der Waals surface area contributed by atoms with Crippen LogP contribution in [0.4, 0.5) is 4.39 Å². The van der Waals surface area contributed by atoms with Crippen molar-refractivity contribution in [3.8, 4) is 11.5 Å². The largest absolute Gasteiger partial charge is 0.494 e. The summed E-state index contributed by atoms with van der Waals surface area (Å²) >= 11 is 0. The average molecular weight is 331 g/mol. The van der Waals surface area contributed by atoms with Crippen LogP contribution in [0, 0.1) is 5.82 Å². The Morgan fingerprint density at radius 3 is 2.42 bits per heavy atom. The van der Waals surface area contributed by atoms with Crippen molar-refractivity contribution in [2.24, 2.45) is 5.73 Å². The SMILES string of the molecule is CCCOc1ccc(CC(CN)c2cc(F)ccc2OCC)cc1. The van der Waals surface area contributed by atoms with Gasteiger partial charge in [0.25, 0.3) is 0 Å². The monoisotopic (exact) mass is 331 g/mol. The summed E-state index contributed by atoms with van der Waals surface area (Å²) < 4.78 is 24.9. The molecule has 1 atom stereocenters. The Morgan fingerprint density at radius 1 is 1.04 bits per heavy atom. The van der Waals surface area contributed by atoms with Crippen molar-refractivity contribution in [2.75, 3.05) is 19.8 Å². The predicted molar refractivity (Wildman–Crippen MR) is 95.3 cm³/mol. The average Bonchev–Trinajstić information content (AvgIpc) is 2.60. The maximum absolute atomic E-state index is 13.7. The summed E-state index contributed by atoms with van der Waals surface area (Å²) in [6.07, 6.45) is 1.71. The number of ether oxygens (including phenoxy) is 2. The van der Waals surface area contributed by atoms with Gasteiger partial charge >= 0.3 is 0 Å². The van der Waals surface area contributed by atoms with Crippen molar-refractivity contribution >= 4 is 0 Å². The Labute approximate surface area is 143 Å². The molecule has 4 heteroatoms. The zero-order valence-corrected chi connectivity index (χ0v) is 14.4. The highest BCUT2D eigenvalue weighted by Gasteiger charge is 2.17. The minimum Gasteiger partial charge on any atom is -0.494 e. The lowest BCUT2D eigenvalue weighted by Crippen LogP contribution is -2.16. The van der Waals surface area contributed by atoms with Gasteiger partial charge in [-0.3, -0.25) is 0 Å². The second kappa shape index (κ2) is 9.28. The molecule has 0 saturated heterocycles. The third-order valence-electron chi connectivity index (χ3n) is 3.87. The standard InChI is InChI=1S/C20H26FNO2/c1-3-11-24-18-8-5-15(6-9-18)12-16(14-22)19-13-17(21)7-10-20(19)23-4-2/h5-10,13,16H,3-4,11-12,14,22H2,1-2H3. The van der Waals surface area contributed by atoms with E-state index in [1.165, 1.54) is 12.1 Å². The Balaban J connectivity index is 2.15. The van der Waals surface area contributed by atoms with E-state index >= 15 is 0 Å². The van der Waals surface area contributed by atoms with Crippen LogP contribution >= 0.6 is 0 Å². The molecule has 130 valence electrons. The van der Waals surface area contributed by atoms with Gasteiger partial charge in [0.2, 0.25) is 0 Å². The fourth-order valence-corrected chi connectivity index (χ4v) is 2.67. The predicted octanol–water partition coefficient (Wildman–Crippen LogP) is 4.30. The second-order valence-corrected chi connectivity index (χ2v) is 5.74. The van der Waals surface area contributed by atoms with Crippen molar-refractivity contribution < 1.29 is 13.9 Å². The lowest BCUT2D eigenvalue weighted by atomic mass is 9.91. The molecular formula is C20H26FNO2.